The number of carbonyl (C=O) groups excluding carboxylic acids is 3. The maximum absolute atomic E-state index is 13.4. The third kappa shape index (κ3) is 8.90. The summed E-state index contributed by atoms with van der Waals surface area (Å²) >= 11 is 0. The number of halogens is 3. The van der Waals surface area contributed by atoms with E-state index in [0.29, 0.717) is 54.1 Å². The Balaban J connectivity index is 1.38. The van der Waals surface area contributed by atoms with Crippen LogP contribution in [0.25, 0.3) is 11.1 Å². The van der Waals surface area contributed by atoms with Gasteiger partial charge in [0.25, 0.3) is 5.91 Å². The van der Waals surface area contributed by atoms with Gasteiger partial charge in [-0.15, -0.1) is 13.2 Å². The monoisotopic (exact) mass is 627 g/mol. The second kappa shape index (κ2) is 14.4. The minimum absolute atomic E-state index is 0.124. The van der Waals surface area contributed by atoms with E-state index in [0.717, 1.165) is 5.56 Å². The van der Waals surface area contributed by atoms with Crippen molar-refractivity contribution in [2.75, 3.05) is 25.5 Å². The zero-order valence-corrected chi connectivity index (χ0v) is 25.4. The van der Waals surface area contributed by atoms with E-state index in [2.05, 4.69) is 15.4 Å². The molecule has 1 aliphatic heterocycles. The van der Waals surface area contributed by atoms with Gasteiger partial charge in [0.15, 0.2) is 0 Å². The molecule has 3 aromatic rings. The highest BCUT2D eigenvalue weighted by atomic mass is 19.4. The van der Waals surface area contributed by atoms with Crippen molar-refractivity contribution in [3.63, 3.8) is 0 Å². The molecule has 1 aliphatic rings. The zero-order chi connectivity index (χ0) is 32.7. The Hall–Kier alpha value is -4.74. The van der Waals surface area contributed by atoms with Gasteiger partial charge in [0, 0.05) is 43.2 Å². The number of anilines is 1. The standard InChI is InChI=1S/C33H36F3N3O6/c1-20(2)29(31(41)43-4)38-32(42)39-17-15-24(16-18-39)44-26-9-6-8-23(19-26)37-30(40)27-10-5-7-21(3)28(27)22-11-13-25(14-12-22)45-33(34,35)36/h5-14,19-20,24,29H,15-18H2,1-4H3,(H,37,40)(H,38,42). The third-order valence-electron chi connectivity index (χ3n) is 7.42. The van der Waals surface area contributed by atoms with Crippen LogP contribution in [0.5, 0.6) is 11.5 Å². The molecule has 9 nitrogen and oxygen atoms in total. The van der Waals surface area contributed by atoms with Crippen LogP contribution in [0.4, 0.5) is 23.7 Å². The Morgan fingerprint density at radius 3 is 2.22 bits per heavy atom. The summed E-state index contributed by atoms with van der Waals surface area (Å²) in [5, 5.41) is 5.64. The summed E-state index contributed by atoms with van der Waals surface area (Å²) in [6.45, 7) is 6.36. The molecular formula is C33H36F3N3O6. The number of hydrogen-bond acceptors (Lipinski definition) is 6. The number of urea groups is 1. The Morgan fingerprint density at radius 2 is 1.60 bits per heavy atom. The van der Waals surface area contributed by atoms with Crippen molar-refractivity contribution in [2.24, 2.45) is 5.92 Å². The number of carbonyl (C=O) groups is 3. The molecule has 240 valence electrons. The SMILES string of the molecule is COC(=O)C(NC(=O)N1CCC(Oc2cccc(NC(=O)c3cccc(C)c3-c3ccc(OC(F)(F)F)cc3)c2)CC1)C(C)C. The van der Waals surface area contributed by atoms with Gasteiger partial charge in [-0.25, -0.2) is 9.59 Å². The molecule has 0 spiro atoms. The molecule has 4 rings (SSSR count). The van der Waals surface area contributed by atoms with Crippen molar-refractivity contribution in [2.45, 2.75) is 52.1 Å². The van der Waals surface area contributed by atoms with E-state index in [9.17, 15) is 27.6 Å². The highest BCUT2D eigenvalue weighted by Gasteiger charge is 2.31. The molecule has 1 atom stereocenters. The molecule has 1 fully saturated rings. The Bertz CT molecular complexity index is 1500. The molecule has 12 heteroatoms. The first-order chi connectivity index (χ1) is 21.3. The van der Waals surface area contributed by atoms with E-state index in [1.807, 2.05) is 26.8 Å². The number of ether oxygens (including phenoxy) is 3. The molecule has 0 aliphatic carbocycles. The zero-order valence-electron chi connectivity index (χ0n) is 25.4. The normalized spacial score (nSPS) is 14.4. The van der Waals surface area contributed by atoms with E-state index in [1.54, 1.807) is 41.3 Å². The smallest absolute Gasteiger partial charge is 0.490 e. The van der Waals surface area contributed by atoms with Crippen LogP contribution in [0.2, 0.25) is 0 Å². The van der Waals surface area contributed by atoms with Crippen molar-refractivity contribution >= 4 is 23.6 Å². The molecule has 3 aromatic carbocycles. The van der Waals surface area contributed by atoms with Crippen LogP contribution in [-0.4, -0.2) is 61.5 Å². The number of rotatable bonds is 9. The van der Waals surface area contributed by atoms with Gasteiger partial charge in [-0.1, -0.05) is 44.2 Å². The molecule has 2 N–H and O–H groups in total. The van der Waals surface area contributed by atoms with E-state index in [1.165, 1.54) is 31.4 Å². The maximum atomic E-state index is 13.4. The molecule has 1 saturated heterocycles. The predicted molar refractivity (Wildman–Crippen MR) is 162 cm³/mol. The molecule has 0 saturated carbocycles. The summed E-state index contributed by atoms with van der Waals surface area (Å²) in [5.41, 5.74) is 2.77. The summed E-state index contributed by atoms with van der Waals surface area (Å²) in [6, 6.07) is 16.5. The van der Waals surface area contributed by atoms with Crippen LogP contribution >= 0.6 is 0 Å². The van der Waals surface area contributed by atoms with Gasteiger partial charge in [-0.05, 0) is 59.9 Å². The number of amides is 3. The topological polar surface area (TPSA) is 106 Å². The molecule has 0 radical (unpaired) electrons. The summed E-state index contributed by atoms with van der Waals surface area (Å²) < 4.78 is 52.7. The van der Waals surface area contributed by atoms with Gasteiger partial charge in [-0.2, -0.15) is 0 Å². The average molecular weight is 628 g/mol. The number of nitrogens with zero attached hydrogens (tertiary/aromatic N) is 1. The van der Waals surface area contributed by atoms with E-state index in [4.69, 9.17) is 9.47 Å². The van der Waals surface area contributed by atoms with Crippen molar-refractivity contribution in [1.82, 2.24) is 10.2 Å². The van der Waals surface area contributed by atoms with Crippen LogP contribution < -0.4 is 20.1 Å². The maximum Gasteiger partial charge on any atom is 0.573 e. The number of benzene rings is 3. The van der Waals surface area contributed by atoms with Gasteiger partial charge in [0.1, 0.15) is 23.6 Å². The minimum Gasteiger partial charge on any atom is -0.490 e. The number of alkyl halides is 3. The fraction of sp³-hybridized carbons (Fsp3) is 0.364. The summed E-state index contributed by atoms with van der Waals surface area (Å²) in [5.74, 6) is -0.815. The molecular weight excluding hydrogens is 591 g/mol. The lowest BCUT2D eigenvalue weighted by atomic mass is 9.94. The highest BCUT2D eigenvalue weighted by Crippen LogP contribution is 2.32. The fourth-order valence-electron chi connectivity index (χ4n) is 5.13. The number of hydrogen-bond donors (Lipinski definition) is 2. The lowest BCUT2D eigenvalue weighted by molar-refractivity contribution is -0.274. The second-order valence-corrected chi connectivity index (χ2v) is 11.1. The van der Waals surface area contributed by atoms with Gasteiger partial charge >= 0.3 is 18.4 Å². The fourth-order valence-corrected chi connectivity index (χ4v) is 5.13. The first-order valence-corrected chi connectivity index (χ1v) is 14.5. The molecule has 0 aromatic heterocycles. The Kier molecular flexibility index (Phi) is 10.6. The number of esters is 1. The van der Waals surface area contributed by atoms with Crippen LogP contribution in [0.1, 0.15) is 42.6 Å². The quantitative estimate of drug-likeness (QED) is 0.260. The number of aryl methyl sites for hydroxylation is 1. The largest absolute Gasteiger partial charge is 0.573 e. The second-order valence-electron chi connectivity index (χ2n) is 11.1. The van der Waals surface area contributed by atoms with Crippen molar-refractivity contribution in [1.29, 1.82) is 0 Å². The van der Waals surface area contributed by atoms with Crippen molar-refractivity contribution in [3.8, 4) is 22.6 Å². The molecule has 3 amide bonds. The lowest BCUT2D eigenvalue weighted by Gasteiger charge is -2.33. The Morgan fingerprint density at radius 1 is 0.933 bits per heavy atom. The van der Waals surface area contributed by atoms with E-state index >= 15 is 0 Å². The van der Waals surface area contributed by atoms with Crippen LogP contribution in [0, 0.1) is 12.8 Å². The highest BCUT2D eigenvalue weighted by molar-refractivity contribution is 6.09. The summed E-state index contributed by atoms with van der Waals surface area (Å²) in [4.78, 5) is 39.8. The first-order valence-electron chi connectivity index (χ1n) is 14.5. The number of methoxy groups -OCH3 is 1. The molecule has 45 heavy (non-hydrogen) atoms. The van der Waals surface area contributed by atoms with Gasteiger partial charge in [0.05, 0.1) is 7.11 Å². The van der Waals surface area contributed by atoms with E-state index in [-0.39, 0.29) is 23.8 Å². The third-order valence-corrected chi connectivity index (χ3v) is 7.42. The van der Waals surface area contributed by atoms with Gasteiger partial charge in [0.2, 0.25) is 0 Å². The number of piperidine rings is 1. The van der Waals surface area contributed by atoms with E-state index < -0.39 is 24.3 Å². The molecule has 1 unspecified atom stereocenters. The number of likely N-dealkylation sites (tertiary alicyclic amines) is 1. The lowest BCUT2D eigenvalue weighted by Crippen LogP contribution is -2.53. The molecule has 1 heterocycles. The van der Waals surface area contributed by atoms with Crippen LogP contribution in [0.15, 0.2) is 66.7 Å². The molecule has 0 bridgehead atoms. The van der Waals surface area contributed by atoms with Gasteiger partial charge in [-0.3, -0.25) is 4.79 Å². The van der Waals surface area contributed by atoms with Gasteiger partial charge < -0.3 is 29.7 Å². The summed E-state index contributed by atoms with van der Waals surface area (Å²) in [7, 11) is 1.29. The van der Waals surface area contributed by atoms with Crippen molar-refractivity contribution in [3.05, 3.63) is 77.9 Å². The first kappa shape index (κ1) is 33.2. The number of nitrogens with one attached hydrogen (secondary N) is 2. The minimum atomic E-state index is -4.80. The van der Waals surface area contributed by atoms with Crippen LogP contribution in [0.3, 0.4) is 0 Å². The predicted octanol–water partition coefficient (Wildman–Crippen LogP) is 6.56. The average Bonchev–Trinajstić information content (AvgIpc) is 2.99. The van der Waals surface area contributed by atoms with Crippen LogP contribution in [-0.2, 0) is 9.53 Å². The van der Waals surface area contributed by atoms with Crippen molar-refractivity contribution < 1.29 is 41.8 Å². The Labute approximate surface area is 259 Å². The summed E-state index contributed by atoms with van der Waals surface area (Å²) in [6.07, 6.45) is -3.80.